The molecule has 30 valence electrons. The Labute approximate surface area is 30.2 Å². The molecule has 0 aliphatic carbocycles. The van der Waals surface area contributed by atoms with Gasteiger partial charge in [0.2, 0.25) is 0 Å². The molecule has 0 atom stereocenters. The second-order valence-corrected chi connectivity index (χ2v) is 0.568. The molecule has 0 saturated carbocycles. The Morgan fingerprint density at radius 2 is 2.20 bits per heavy atom. The summed E-state index contributed by atoms with van der Waals surface area (Å²) in [5.74, 6) is 0. The molecule has 0 aromatic heterocycles. The molecule has 3 heteroatoms. The standard InChI is InChI=1S/C2H6N2O/c1-5-2(3)4/h1H3,(H3,3,4)/i3+1,4+1. The van der Waals surface area contributed by atoms with Crippen LogP contribution in [0.15, 0.2) is 0 Å². The normalized spacial score (nSPS) is 6.60. The predicted octanol–water partition coefficient (Wildman–Crippen LogP) is -0.474. The monoisotopic (exact) mass is 76.0 g/mol. The SMILES string of the molecule is COC(=[15NH])[15NH2]. The van der Waals surface area contributed by atoms with Crippen LogP contribution in [0.1, 0.15) is 0 Å². The van der Waals surface area contributed by atoms with Gasteiger partial charge in [-0.1, -0.05) is 0 Å². The first-order valence-electron chi connectivity index (χ1n) is 1.15. The van der Waals surface area contributed by atoms with Gasteiger partial charge >= 0.3 is 0 Å². The van der Waals surface area contributed by atoms with Gasteiger partial charge in [0.05, 0.1) is 7.11 Å². The lowest BCUT2D eigenvalue weighted by Gasteiger charge is -1.85. The molecule has 3 N–H and O–H groups in total. The van der Waals surface area contributed by atoms with Crippen molar-refractivity contribution in [2.75, 3.05) is 7.11 Å². The van der Waals surface area contributed by atoms with Crippen molar-refractivity contribution in [3.05, 3.63) is 0 Å². The molecule has 5 heavy (non-hydrogen) atoms. The lowest BCUT2D eigenvalue weighted by molar-refractivity contribution is 0.393. The molecule has 0 bridgehead atoms. The molecule has 0 amide bonds. The van der Waals surface area contributed by atoms with Crippen LogP contribution in [0.3, 0.4) is 0 Å². The maximum atomic E-state index is 6.30. The quantitative estimate of drug-likeness (QED) is 0.233. The lowest BCUT2D eigenvalue weighted by Crippen LogP contribution is -2.10. The maximum absolute atomic E-state index is 6.30. The number of ether oxygens (including phenoxy) is 1. The van der Waals surface area contributed by atoms with E-state index in [1.165, 1.54) is 7.11 Å². The van der Waals surface area contributed by atoms with Crippen LogP contribution in [0.2, 0.25) is 0 Å². The van der Waals surface area contributed by atoms with E-state index in [0.717, 1.165) is 0 Å². The zero-order chi connectivity index (χ0) is 4.28. The highest BCUT2D eigenvalue weighted by molar-refractivity contribution is 5.67. The van der Waals surface area contributed by atoms with Crippen molar-refractivity contribution in [3.63, 3.8) is 0 Å². The number of methoxy groups -OCH3 is 1. The van der Waals surface area contributed by atoms with Gasteiger partial charge in [0, 0.05) is 0 Å². The number of nitrogens with two attached hydrogens (primary N) is 1. The van der Waals surface area contributed by atoms with E-state index in [2.05, 4.69) is 10.5 Å². The first kappa shape index (κ1) is 4.27. The number of nitrogens with one attached hydrogen (secondary N) is 1. The smallest absolute Gasteiger partial charge is 0.278 e. The fourth-order valence-corrected chi connectivity index (χ4v) is 0. The van der Waals surface area contributed by atoms with Gasteiger partial charge in [-0.3, -0.25) is 5.41 Å². The molecule has 0 fully saturated rings. The Morgan fingerprint density at radius 1 is 2.00 bits per heavy atom. The van der Waals surface area contributed by atoms with Crippen LogP contribution < -0.4 is 5.73 Å². The highest BCUT2D eigenvalue weighted by Gasteiger charge is 1.68. The minimum Gasteiger partial charge on any atom is -0.469 e. The highest BCUT2D eigenvalue weighted by atomic mass is 16.5. The largest absolute Gasteiger partial charge is 0.469 e. The van der Waals surface area contributed by atoms with Crippen molar-refractivity contribution in [2.45, 2.75) is 0 Å². The van der Waals surface area contributed by atoms with Crippen molar-refractivity contribution in [1.82, 2.24) is 0 Å². The Bertz CT molecular complexity index is 42.9. The summed E-state index contributed by atoms with van der Waals surface area (Å²) in [6.07, 6.45) is 0. The first-order valence-corrected chi connectivity index (χ1v) is 1.15. The van der Waals surface area contributed by atoms with Gasteiger partial charge in [-0.25, -0.2) is 0 Å². The molecule has 0 rings (SSSR count). The Hall–Kier alpha value is -0.730. The summed E-state index contributed by atoms with van der Waals surface area (Å²) < 4.78 is 4.11. The lowest BCUT2D eigenvalue weighted by atomic mass is 11.3. The molecule has 0 spiro atoms. The second-order valence-electron chi connectivity index (χ2n) is 0.568. The first-order chi connectivity index (χ1) is 2.27. The van der Waals surface area contributed by atoms with Gasteiger partial charge in [-0.05, 0) is 0 Å². The molecule has 0 aromatic carbocycles. The van der Waals surface area contributed by atoms with Crippen LogP contribution in [0.5, 0.6) is 0 Å². The summed E-state index contributed by atoms with van der Waals surface area (Å²) in [7, 11) is 1.35. The van der Waals surface area contributed by atoms with Crippen molar-refractivity contribution in [2.24, 2.45) is 5.73 Å². The summed E-state index contributed by atoms with van der Waals surface area (Å²) in [6, 6.07) is -0.245. The summed E-state index contributed by atoms with van der Waals surface area (Å²) >= 11 is 0. The topological polar surface area (TPSA) is 59.1 Å². The van der Waals surface area contributed by atoms with Crippen LogP contribution in [-0.4, -0.2) is 13.1 Å². The van der Waals surface area contributed by atoms with E-state index < -0.39 is 0 Å². The van der Waals surface area contributed by atoms with Crippen molar-refractivity contribution in [3.8, 4) is 0 Å². The molecule has 3 nitrogen and oxygen atoms in total. The molecule has 0 aromatic rings. The maximum Gasteiger partial charge on any atom is 0.278 e. The van der Waals surface area contributed by atoms with Crippen molar-refractivity contribution in [1.29, 1.82) is 5.41 Å². The number of hydrogen-bond donors (Lipinski definition) is 2. The van der Waals surface area contributed by atoms with E-state index in [9.17, 15) is 0 Å². The predicted molar refractivity (Wildman–Crippen MR) is 18.9 cm³/mol. The number of rotatable bonds is 0. The molecule has 0 saturated heterocycles. The third-order valence-corrected chi connectivity index (χ3v) is 0.220. The number of amidine groups is 1. The van der Waals surface area contributed by atoms with E-state index in [0.29, 0.717) is 0 Å². The molecular formula is C2H6N2O. The van der Waals surface area contributed by atoms with Gasteiger partial charge in [0.25, 0.3) is 6.02 Å². The van der Waals surface area contributed by atoms with Crippen LogP contribution in [0.25, 0.3) is 0 Å². The summed E-state index contributed by atoms with van der Waals surface area (Å²) in [4.78, 5) is 0. The molecule has 0 aliphatic rings. The summed E-state index contributed by atoms with van der Waals surface area (Å²) in [5, 5.41) is 6.30. The molecule has 0 radical (unpaired) electrons. The van der Waals surface area contributed by atoms with Gasteiger partial charge in [0.1, 0.15) is 0 Å². The minimum absolute atomic E-state index is 0.245. The van der Waals surface area contributed by atoms with E-state index in [1.807, 2.05) is 0 Å². The zero-order valence-electron chi connectivity index (χ0n) is 2.99. The van der Waals surface area contributed by atoms with Gasteiger partial charge in [0.15, 0.2) is 0 Å². The fraction of sp³-hybridized carbons (Fsp3) is 0.500. The second kappa shape index (κ2) is 1.58. The van der Waals surface area contributed by atoms with Crippen LogP contribution in [0, 0.1) is 5.41 Å². The molecule has 0 aliphatic heterocycles. The van der Waals surface area contributed by atoms with Gasteiger partial charge in [-0.15, -0.1) is 0 Å². The molecule has 0 heterocycles. The van der Waals surface area contributed by atoms with Gasteiger partial charge < -0.3 is 10.5 Å². The third kappa shape index (κ3) is 3.27. The highest BCUT2D eigenvalue weighted by Crippen LogP contribution is 1.50. The van der Waals surface area contributed by atoms with Crippen LogP contribution in [0.4, 0.5) is 0 Å². The average molecular weight is 76.1 g/mol. The van der Waals surface area contributed by atoms with E-state index in [4.69, 9.17) is 5.41 Å². The van der Waals surface area contributed by atoms with E-state index in [1.54, 1.807) is 0 Å². The zero-order valence-corrected chi connectivity index (χ0v) is 2.99. The Balaban J connectivity index is 2.85. The molecule has 0 unspecified atom stereocenters. The van der Waals surface area contributed by atoms with Crippen LogP contribution in [-0.2, 0) is 4.74 Å². The summed E-state index contributed by atoms with van der Waals surface area (Å²) in [6.45, 7) is 0. The van der Waals surface area contributed by atoms with Crippen LogP contribution >= 0.6 is 0 Å². The van der Waals surface area contributed by atoms with Gasteiger partial charge in [-0.2, -0.15) is 0 Å². The third-order valence-electron chi connectivity index (χ3n) is 0.220. The van der Waals surface area contributed by atoms with E-state index >= 15 is 0 Å². The average Bonchev–Trinajstić information content (AvgIpc) is 1.38. The van der Waals surface area contributed by atoms with E-state index in [-0.39, 0.29) is 6.02 Å². The number of hydrogen-bond acceptors (Lipinski definition) is 2. The summed E-state index contributed by atoms with van der Waals surface area (Å²) in [5.41, 5.74) is 4.65. The Morgan fingerprint density at radius 3 is 2.20 bits per heavy atom. The molecular weight excluding hydrogens is 70.0 g/mol. The Kier molecular flexibility index (Phi) is 1.35. The van der Waals surface area contributed by atoms with Crippen molar-refractivity contribution < 1.29 is 4.74 Å². The fourth-order valence-electron chi connectivity index (χ4n) is 0. The van der Waals surface area contributed by atoms with Crippen molar-refractivity contribution >= 4 is 6.02 Å². The minimum atomic E-state index is -0.245.